The summed E-state index contributed by atoms with van der Waals surface area (Å²) in [5.74, 6) is -0.0380. The van der Waals surface area contributed by atoms with Gasteiger partial charge in [-0.2, -0.15) is 0 Å². The van der Waals surface area contributed by atoms with Crippen molar-refractivity contribution in [1.82, 2.24) is 5.32 Å². The molecule has 0 heterocycles. The second-order valence-electron chi connectivity index (χ2n) is 23.9. The van der Waals surface area contributed by atoms with Crippen molar-refractivity contribution in [1.29, 1.82) is 0 Å². The highest BCUT2D eigenvalue weighted by molar-refractivity contribution is 5.76. The maximum atomic E-state index is 12.5. The predicted octanol–water partition coefficient (Wildman–Crippen LogP) is 22.3. The molecule has 1 amide bonds. The van der Waals surface area contributed by atoms with Crippen molar-refractivity contribution in [2.45, 2.75) is 392 Å². The van der Waals surface area contributed by atoms with Gasteiger partial charge in [-0.25, -0.2) is 0 Å². The van der Waals surface area contributed by atoms with E-state index in [2.05, 4.69) is 55.6 Å². The molecular weight excluding hydrogens is 947 g/mol. The molecule has 6 nitrogen and oxygen atoms in total. The van der Waals surface area contributed by atoms with Gasteiger partial charge in [0.2, 0.25) is 5.91 Å². The molecule has 0 aliphatic carbocycles. The minimum absolute atomic E-state index is 0.00113. The van der Waals surface area contributed by atoms with E-state index in [1.807, 2.05) is 0 Å². The normalized spacial score (nSPS) is 12.7. The number of hydrogen-bond acceptors (Lipinski definition) is 5. The summed E-state index contributed by atoms with van der Waals surface area (Å²) in [5, 5.41) is 23.4. The number of nitrogens with one attached hydrogen (secondary N) is 1. The molecule has 77 heavy (non-hydrogen) atoms. The molecule has 2 unspecified atom stereocenters. The standard InChI is InChI=1S/C71H135NO5/c1-3-5-7-9-11-13-15-17-19-21-22-23-25-28-32-35-39-43-47-51-55-59-63-69(74)68(67-73)72-70(75)64-60-56-52-48-44-40-36-33-29-26-24-27-30-34-38-42-46-50-54-58-62-66-77-71(76)65-61-57-53-49-45-41-37-31-20-18-16-14-12-10-8-6-4-2/h12,14,18,20,26,29,68-69,73-74H,3-11,13,15-17,19,21-25,27-28,30-67H2,1-2H3,(H,72,75)/b14-12-,20-18-,29-26-. The van der Waals surface area contributed by atoms with E-state index in [1.54, 1.807) is 0 Å². The highest BCUT2D eigenvalue weighted by Gasteiger charge is 2.20. The van der Waals surface area contributed by atoms with Gasteiger partial charge in [0.15, 0.2) is 0 Å². The molecule has 2 atom stereocenters. The quantitative estimate of drug-likeness (QED) is 0.0320. The Balaban J connectivity index is 3.42. The summed E-state index contributed by atoms with van der Waals surface area (Å²) >= 11 is 0. The highest BCUT2D eigenvalue weighted by atomic mass is 16.5. The van der Waals surface area contributed by atoms with Gasteiger partial charge in [0.25, 0.3) is 0 Å². The number of carbonyl (C=O) groups excluding carboxylic acids is 2. The molecule has 0 saturated heterocycles. The smallest absolute Gasteiger partial charge is 0.305 e. The third-order valence-electron chi connectivity index (χ3n) is 16.2. The molecule has 454 valence electrons. The van der Waals surface area contributed by atoms with Gasteiger partial charge in [-0.15, -0.1) is 0 Å². The lowest BCUT2D eigenvalue weighted by molar-refractivity contribution is -0.143. The molecule has 0 aromatic heterocycles. The molecule has 0 radical (unpaired) electrons. The van der Waals surface area contributed by atoms with E-state index in [0.717, 1.165) is 51.4 Å². The topological polar surface area (TPSA) is 95.9 Å². The SMILES string of the molecule is CCCCC/C=C\C/C=C\CCCCCCCCCC(=O)OCCCCCCCCCCCC/C=C\CCCCCCCCCC(=O)NC(CO)C(O)CCCCCCCCCCCCCCCCCCCCCCCC. The second kappa shape index (κ2) is 66.6. The zero-order valence-corrected chi connectivity index (χ0v) is 52.0. The predicted molar refractivity (Wildman–Crippen MR) is 338 cm³/mol. The Hall–Kier alpha value is -1.92. The fourth-order valence-corrected chi connectivity index (χ4v) is 10.8. The molecule has 0 fully saturated rings. The summed E-state index contributed by atoms with van der Waals surface area (Å²) in [6.45, 7) is 4.95. The van der Waals surface area contributed by atoms with E-state index >= 15 is 0 Å². The molecule has 0 bridgehead atoms. The van der Waals surface area contributed by atoms with Crippen LogP contribution in [0.2, 0.25) is 0 Å². The molecule has 3 N–H and O–H groups in total. The number of hydrogen-bond donors (Lipinski definition) is 3. The van der Waals surface area contributed by atoms with E-state index in [0.29, 0.717) is 25.9 Å². The van der Waals surface area contributed by atoms with Gasteiger partial charge in [0, 0.05) is 12.8 Å². The maximum Gasteiger partial charge on any atom is 0.305 e. The third-order valence-corrected chi connectivity index (χ3v) is 16.2. The van der Waals surface area contributed by atoms with E-state index in [-0.39, 0.29) is 18.5 Å². The Labute approximate surface area is 481 Å². The summed E-state index contributed by atoms with van der Waals surface area (Å²) in [6.07, 6.45) is 84.6. The summed E-state index contributed by atoms with van der Waals surface area (Å²) in [6, 6.07) is -0.549. The number of aliphatic hydroxyl groups excluding tert-OH is 2. The van der Waals surface area contributed by atoms with E-state index in [9.17, 15) is 19.8 Å². The van der Waals surface area contributed by atoms with Crippen molar-refractivity contribution in [3.05, 3.63) is 36.5 Å². The van der Waals surface area contributed by atoms with Gasteiger partial charge >= 0.3 is 5.97 Å². The van der Waals surface area contributed by atoms with Crippen molar-refractivity contribution in [3.63, 3.8) is 0 Å². The number of amides is 1. The van der Waals surface area contributed by atoms with Crippen LogP contribution in [-0.4, -0.2) is 47.4 Å². The van der Waals surface area contributed by atoms with Crippen LogP contribution in [0.15, 0.2) is 36.5 Å². The number of allylic oxidation sites excluding steroid dienone is 6. The molecule has 0 aliphatic rings. The van der Waals surface area contributed by atoms with Gasteiger partial charge in [-0.1, -0.05) is 320 Å². The molecule has 0 aromatic rings. The molecule has 0 spiro atoms. The maximum absolute atomic E-state index is 12.5. The van der Waals surface area contributed by atoms with Crippen LogP contribution < -0.4 is 5.32 Å². The van der Waals surface area contributed by atoms with E-state index < -0.39 is 12.1 Å². The number of ether oxygens (including phenoxy) is 1. The zero-order chi connectivity index (χ0) is 55.7. The Morgan fingerprint density at radius 2 is 0.649 bits per heavy atom. The van der Waals surface area contributed by atoms with Crippen LogP contribution in [0.3, 0.4) is 0 Å². The van der Waals surface area contributed by atoms with Crippen molar-refractivity contribution in [2.24, 2.45) is 0 Å². The number of unbranched alkanes of at least 4 members (excludes halogenated alkanes) is 48. The second-order valence-corrected chi connectivity index (χ2v) is 23.9. The average Bonchev–Trinajstić information content (AvgIpc) is 3.43. The van der Waals surface area contributed by atoms with Crippen LogP contribution in [0.25, 0.3) is 0 Å². The van der Waals surface area contributed by atoms with Crippen molar-refractivity contribution < 1.29 is 24.5 Å². The summed E-state index contributed by atoms with van der Waals surface area (Å²) in [4.78, 5) is 24.6. The average molecular weight is 1080 g/mol. The van der Waals surface area contributed by atoms with Crippen molar-refractivity contribution >= 4 is 11.9 Å². The van der Waals surface area contributed by atoms with Gasteiger partial charge in [-0.05, 0) is 83.5 Å². The molecule has 0 aromatic carbocycles. The lowest BCUT2D eigenvalue weighted by atomic mass is 10.0. The Morgan fingerprint density at radius 1 is 0.364 bits per heavy atom. The minimum atomic E-state index is -0.671. The molecular formula is C71H135NO5. The molecule has 0 rings (SSSR count). The van der Waals surface area contributed by atoms with E-state index in [4.69, 9.17) is 4.74 Å². The first-order chi connectivity index (χ1) is 38.0. The zero-order valence-electron chi connectivity index (χ0n) is 52.0. The van der Waals surface area contributed by atoms with Crippen LogP contribution in [-0.2, 0) is 14.3 Å². The minimum Gasteiger partial charge on any atom is -0.466 e. The Kier molecular flexibility index (Phi) is 64.9. The summed E-state index contributed by atoms with van der Waals surface area (Å²) < 4.78 is 5.49. The summed E-state index contributed by atoms with van der Waals surface area (Å²) in [5.41, 5.74) is 0. The van der Waals surface area contributed by atoms with Crippen LogP contribution in [0.1, 0.15) is 380 Å². The van der Waals surface area contributed by atoms with Crippen LogP contribution in [0.4, 0.5) is 0 Å². The van der Waals surface area contributed by atoms with E-state index in [1.165, 1.54) is 295 Å². The monoisotopic (exact) mass is 1080 g/mol. The van der Waals surface area contributed by atoms with Gasteiger partial charge in [-0.3, -0.25) is 9.59 Å². The first-order valence-corrected chi connectivity index (χ1v) is 34.7. The lowest BCUT2D eigenvalue weighted by Gasteiger charge is -2.22. The number of aliphatic hydroxyl groups is 2. The highest BCUT2D eigenvalue weighted by Crippen LogP contribution is 2.18. The largest absolute Gasteiger partial charge is 0.466 e. The Morgan fingerprint density at radius 3 is 1.03 bits per heavy atom. The number of esters is 1. The van der Waals surface area contributed by atoms with Gasteiger partial charge in [0.05, 0.1) is 25.4 Å². The Bertz CT molecular complexity index is 1250. The first kappa shape index (κ1) is 75.1. The fourth-order valence-electron chi connectivity index (χ4n) is 10.8. The molecule has 0 saturated carbocycles. The van der Waals surface area contributed by atoms with Crippen LogP contribution >= 0.6 is 0 Å². The number of rotatable bonds is 65. The lowest BCUT2D eigenvalue weighted by Crippen LogP contribution is -2.45. The van der Waals surface area contributed by atoms with Gasteiger partial charge < -0.3 is 20.3 Å². The molecule has 6 heteroatoms. The van der Waals surface area contributed by atoms with Crippen molar-refractivity contribution in [2.75, 3.05) is 13.2 Å². The first-order valence-electron chi connectivity index (χ1n) is 34.7. The van der Waals surface area contributed by atoms with Crippen molar-refractivity contribution in [3.8, 4) is 0 Å². The van der Waals surface area contributed by atoms with Gasteiger partial charge in [0.1, 0.15) is 0 Å². The fraction of sp³-hybridized carbons (Fsp3) is 0.887. The summed E-state index contributed by atoms with van der Waals surface area (Å²) in [7, 11) is 0. The third kappa shape index (κ3) is 63.1. The number of carbonyl (C=O) groups is 2. The van der Waals surface area contributed by atoms with Crippen LogP contribution in [0, 0.1) is 0 Å². The molecule has 0 aliphatic heterocycles. The van der Waals surface area contributed by atoms with Crippen LogP contribution in [0.5, 0.6) is 0 Å².